The fraction of sp³-hybridized carbons (Fsp3) is 0.150. The SMILES string of the molecule is CCN(c1ccccc1)c1ccnc(C(=O)NCc2ccncc2)c1. The van der Waals surface area contributed by atoms with Gasteiger partial charge < -0.3 is 10.2 Å². The van der Waals surface area contributed by atoms with Crippen molar-refractivity contribution in [1.82, 2.24) is 15.3 Å². The lowest BCUT2D eigenvalue weighted by Crippen LogP contribution is -2.24. The van der Waals surface area contributed by atoms with Crippen LogP contribution in [0.15, 0.2) is 73.2 Å². The first-order valence-corrected chi connectivity index (χ1v) is 8.23. The van der Waals surface area contributed by atoms with Gasteiger partial charge in [0.2, 0.25) is 0 Å². The summed E-state index contributed by atoms with van der Waals surface area (Å²) in [5.74, 6) is -0.192. The van der Waals surface area contributed by atoms with Crippen molar-refractivity contribution in [2.75, 3.05) is 11.4 Å². The van der Waals surface area contributed by atoms with Gasteiger partial charge in [-0.2, -0.15) is 0 Å². The first-order valence-electron chi connectivity index (χ1n) is 8.23. The van der Waals surface area contributed by atoms with Crippen LogP contribution in [-0.2, 0) is 6.54 Å². The summed E-state index contributed by atoms with van der Waals surface area (Å²) in [4.78, 5) is 22.7. The summed E-state index contributed by atoms with van der Waals surface area (Å²) in [7, 11) is 0. The monoisotopic (exact) mass is 332 g/mol. The first-order chi connectivity index (χ1) is 12.3. The maximum atomic E-state index is 12.4. The second-order valence-electron chi connectivity index (χ2n) is 5.52. The topological polar surface area (TPSA) is 58.1 Å². The Morgan fingerprint density at radius 3 is 2.48 bits per heavy atom. The van der Waals surface area contributed by atoms with E-state index in [1.54, 1.807) is 18.6 Å². The maximum absolute atomic E-state index is 12.4. The Kier molecular flexibility index (Phi) is 5.36. The lowest BCUT2D eigenvalue weighted by molar-refractivity contribution is 0.0946. The fourth-order valence-electron chi connectivity index (χ4n) is 2.61. The van der Waals surface area contributed by atoms with Crippen LogP contribution in [0.1, 0.15) is 23.0 Å². The van der Waals surface area contributed by atoms with Crippen LogP contribution in [0.5, 0.6) is 0 Å². The van der Waals surface area contributed by atoms with Crippen LogP contribution >= 0.6 is 0 Å². The minimum atomic E-state index is -0.192. The normalized spacial score (nSPS) is 10.3. The van der Waals surface area contributed by atoms with Gasteiger partial charge in [0, 0.05) is 43.1 Å². The van der Waals surface area contributed by atoms with Crippen LogP contribution < -0.4 is 10.2 Å². The minimum absolute atomic E-state index is 0.192. The van der Waals surface area contributed by atoms with Gasteiger partial charge in [-0.25, -0.2) is 0 Å². The molecule has 3 aromatic rings. The van der Waals surface area contributed by atoms with E-state index < -0.39 is 0 Å². The third-order valence-corrected chi connectivity index (χ3v) is 3.87. The highest BCUT2D eigenvalue weighted by Gasteiger charge is 2.12. The molecule has 0 fully saturated rings. The number of aromatic nitrogens is 2. The summed E-state index contributed by atoms with van der Waals surface area (Å²) in [5, 5.41) is 2.89. The van der Waals surface area contributed by atoms with E-state index in [1.165, 1.54) is 0 Å². The van der Waals surface area contributed by atoms with E-state index in [0.717, 1.165) is 23.5 Å². The summed E-state index contributed by atoms with van der Waals surface area (Å²) in [6.07, 6.45) is 5.08. The summed E-state index contributed by atoms with van der Waals surface area (Å²) < 4.78 is 0. The third kappa shape index (κ3) is 4.20. The second-order valence-corrected chi connectivity index (χ2v) is 5.52. The molecule has 1 aromatic carbocycles. The van der Waals surface area contributed by atoms with Gasteiger partial charge in [-0.05, 0) is 48.9 Å². The number of anilines is 2. The highest BCUT2D eigenvalue weighted by molar-refractivity contribution is 5.93. The molecular weight excluding hydrogens is 312 g/mol. The Balaban J connectivity index is 1.75. The average molecular weight is 332 g/mol. The molecule has 0 bridgehead atoms. The standard InChI is InChI=1S/C20H20N4O/c1-2-24(17-6-4-3-5-7-17)18-10-13-22-19(14-18)20(25)23-15-16-8-11-21-12-9-16/h3-14H,2,15H2,1H3,(H,23,25). The second kappa shape index (κ2) is 8.06. The molecule has 2 aromatic heterocycles. The van der Waals surface area contributed by atoms with Gasteiger partial charge in [-0.15, -0.1) is 0 Å². The number of hydrogen-bond acceptors (Lipinski definition) is 4. The number of hydrogen-bond donors (Lipinski definition) is 1. The smallest absolute Gasteiger partial charge is 0.270 e. The lowest BCUT2D eigenvalue weighted by Gasteiger charge is -2.23. The van der Waals surface area contributed by atoms with Crippen LogP contribution in [0.3, 0.4) is 0 Å². The zero-order valence-electron chi connectivity index (χ0n) is 14.1. The molecule has 0 aliphatic rings. The van der Waals surface area contributed by atoms with E-state index in [2.05, 4.69) is 27.1 Å². The largest absolute Gasteiger partial charge is 0.347 e. The van der Waals surface area contributed by atoms with Crippen molar-refractivity contribution < 1.29 is 4.79 Å². The van der Waals surface area contributed by atoms with Gasteiger partial charge in [-0.3, -0.25) is 14.8 Å². The quantitative estimate of drug-likeness (QED) is 0.750. The molecule has 0 aliphatic heterocycles. The predicted octanol–water partition coefficient (Wildman–Crippen LogP) is 3.56. The van der Waals surface area contributed by atoms with Gasteiger partial charge in [0.1, 0.15) is 5.69 Å². The molecule has 126 valence electrons. The molecule has 0 radical (unpaired) electrons. The number of benzene rings is 1. The third-order valence-electron chi connectivity index (χ3n) is 3.87. The van der Waals surface area contributed by atoms with Crippen molar-refractivity contribution in [3.8, 4) is 0 Å². The van der Waals surface area contributed by atoms with Crippen LogP contribution in [0, 0.1) is 0 Å². The first kappa shape index (κ1) is 16.6. The molecule has 0 spiro atoms. The summed E-state index contributed by atoms with van der Waals surface area (Å²) >= 11 is 0. The summed E-state index contributed by atoms with van der Waals surface area (Å²) in [6, 6.07) is 17.6. The molecule has 25 heavy (non-hydrogen) atoms. The molecule has 1 amide bonds. The summed E-state index contributed by atoms with van der Waals surface area (Å²) in [5.41, 5.74) is 3.43. The highest BCUT2D eigenvalue weighted by Crippen LogP contribution is 2.24. The van der Waals surface area contributed by atoms with E-state index in [1.807, 2.05) is 54.6 Å². The van der Waals surface area contributed by atoms with E-state index in [9.17, 15) is 4.79 Å². The predicted molar refractivity (Wildman–Crippen MR) is 98.8 cm³/mol. The molecular formula is C20H20N4O. The molecule has 1 N–H and O–H groups in total. The molecule has 0 unspecified atom stereocenters. The van der Waals surface area contributed by atoms with Crippen molar-refractivity contribution in [3.63, 3.8) is 0 Å². The number of nitrogens with one attached hydrogen (secondary N) is 1. The number of para-hydroxylation sites is 1. The van der Waals surface area contributed by atoms with Crippen LogP contribution in [0.25, 0.3) is 0 Å². The van der Waals surface area contributed by atoms with Crippen molar-refractivity contribution in [1.29, 1.82) is 0 Å². The molecule has 0 atom stereocenters. The summed E-state index contributed by atoms with van der Waals surface area (Å²) in [6.45, 7) is 3.33. The Bertz CT molecular complexity index is 821. The number of carbonyl (C=O) groups excluding carboxylic acids is 1. The van der Waals surface area contributed by atoms with E-state index in [0.29, 0.717) is 12.2 Å². The molecule has 5 heteroatoms. The van der Waals surface area contributed by atoms with E-state index in [4.69, 9.17) is 0 Å². The molecule has 3 rings (SSSR count). The molecule has 0 saturated carbocycles. The number of nitrogens with zero attached hydrogens (tertiary/aromatic N) is 3. The Labute approximate surface area is 147 Å². The van der Waals surface area contributed by atoms with Crippen LogP contribution in [0.2, 0.25) is 0 Å². The van der Waals surface area contributed by atoms with Gasteiger partial charge >= 0.3 is 0 Å². The van der Waals surface area contributed by atoms with Gasteiger partial charge in [0.25, 0.3) is 5.91 Å². The van der Waals surface area contributed by atoms with E-state index >= 15 is 0 Å². The van der Waals surface area contributed by atoms with Gasteiger partial charge in [-0.1, -0.05) is 18.2 Å². The number of rotatable bonds is 6. The zero-order chi connectivity index (χ0) is 17.5. The lowest BCUT2D eigenvalue weighted by atomic mass is 10.2. The van der Waals surface area contributed by atoms with Gasteiger partial charge in [0.15, 0.2) is 0 Å². The van der Waals surface area contributed by atoms with Crippen molar-refractivity contribution in [2.45, 2.75) is 13.5 Å². The maximum Gasteiger partial charge on any atom is 0.270 e. The zero-order valence-corrected chi connectivity index (χ0v) is 14.1. The Morgan fingerprint density at radius 2 is 1.76 bits per heavy atom. The van der Waals surface area contributed by atoms with E-state index in [-0.39, 0.29) is 5.91 Å². The fourth-order valence-corrected chi connectivity index (χ4v) is 2.61. The van der Waals surface area contributed by atoms with Crippen LogP contribution in [-0.4, -0.2) is 22.4 Å². The number of carbonyl (C=O) groups is 1. The average Bonchev–Trinajstić information content (AvgIpc) is 2.69. The Morgan fingerprint density at radius 1 is 1.00 bits per heavy atom. The molecule has 2 heterocycles. The highest BCUT2D eigenvalue weighted by atomic mass is 16.1. The number of pyridine rings is 2. The van der Waals surface area contributed by atoms with Crippen molar-refractivity contribution in [2.24, 2.45) is 0 Å². The van der Waals surface area contributed by atoms with Gasteiger partial charge in [0.05, 0.1) is 0 Å². The van der Waals surface area contributed by atoms with Crippen LogP contribution in [0.4, 0.5) is 11.4 Å². The van der Waals surface area contributed by atoms with Crippen molar-refractivity contribution >= 4 is 17.3 Å². The molecule has 5 nitrogen and oxygen atoms in total. The molecule has 0 aliphatic carbocycles. The van der Waals surface area contributed by atoms with Crippen molar-refractivity contribution in [3.05, 3.63) is 84.4 Å². The molecule has 0 saturated heterocycles. The Hall–Kier alpha value is -3.21. The number of amides is 1. The minimum Gasteiger partial charge on any atom is -0.347 e.